The first-order chi connectivity index (χ1) is 16.4. The van der Waals surface area contributed by atoms with Crippen LogP contribution in [0.5, 0.6) is 11.5 Å². The van der Waals surface area contributed by atoms with Gasteiger partial charge in [-0.2, -0.15) is 4.98 Å². The number of fused-ring (bicyclic) bond motifs is 1. The van der Waals surface area contributed by atoms with Gasteiger partial charge in [-0.15, -0.1) is 6.42 Å². The van der Waals surface area contributed by atoms with Gasteiger partial charge in [-0.3, -0.25) is 9.59 Å². The highest BCUT2D eigenvalue weighted by Gasteiger charge is 2.32. The third-order valence-electron chi connectivity index (χ3n) is 5.52. The molecule has 0 unspecified atom stereocenters. The van der Waals surface area contributed by atoms with Crippen molar-refractivity contribution in [3.63, 3.8) is 0 Å². The molecule has 1 aliphatic heterocycles. The highest BCUT2D eigenvalue weighted by atomic mass is 35.5. The number of anilines is 1. The van der Waals surface area contributed by atoms with Crippen molar-refractivity contribution in [2.75, 3.05) is 19.0 Å². The van der Waals surface area contributed by atoms with Crippen molar-refractivity contribution in [1.82, 2.24) is 9.55 Å². The zero-order valence-corrected chi connectivity index (χ0v) is 20.2. The van der Waals surface area contributed by atoms with Crippen LogP contribution in [-0.2, 0) is 17.6 Å². The van der Waals surface area contributed by atoms with Gasteiger partial charge in [0.05, 0.1) is 12.7 Å². The predicted octanol–water partition coefficient (Wildman–Crippen LogP) is 4.22. The molecule has 0 aliphatic carbocycles. The molecule has 1 amide bonds. The van der Waals surface area contributed by atoms with Gasteiger partial charge in [0, 0.05) is 30.2 Å². The standard InChI is InChI=1S/C25H22ClN3O4S/c1-4-11-33-19-10-9-15(12-20(19)32-3)17-13-21(30)27-23-22(17)24(31)28-25(29(23)2)34-14-16-7-5-6-8-18(16)26/h1,5-10,12,17H,11,13-14H2,2-3H3,(H,27,30)/t17-/m0/s1. The molecule has 34 heavy (non-hydrogen) atoms. The van der Waals surface area contributed by atoms with Crippen LogP contribution in [-0.4, -0.2) is 29.2 Å². The number of thioether (sulfide) groups is 1. The molecule has 2 heterocycles. The van der Waals surface area contributed by atoms with Crippen LogP contribution in [0.4, 0.5) is 5.82 Å². The van der Waals surface area contributed by atoms with Crippen LogP contribution in [0.15, 0.2) is 52.4 Å². The number of nitrogens with zero attached hydrogens (tertiary/aromatic N) is 2. The topological polar surface area (TPSA) is 82.5 Å². The van der Waals surface area contributed by atoms with Crippen LogP contribution in [0.3, 0.4) is 0 Å². The minimum atomic E-state index is -0.479. The summed E-state index contributed by atoms with van der Waals surface area (Å²) >= 11 is 7.64. The van der Waals surface area contributed by atoms with Crippen LogP contribution in [0, 0.1) is 12.3 Å². The zero-order valence-electron chi connectivity index (χ0n) is 18.6. The zero-order chi connectivity index (χ0) is 24.2. The number of halogens is 1. The third kappa shape index (κ3) is 4.76. The monoisotopic (exact) mass is 495 g/mol. The highest BCUT2D eigenvalue weighted by molar-refractivity contribution is 7.98. The van der Waals surface area contributed by atoms with E-state index in [1.165, 1.54) is 18.9 Å². The van der Waals surface area contributed by atoms with E-state index in [4.69, 9.17) is 27.5 Å². The lowest BCUT2D eigenvalue weighted by Gasteiger charge is -2.28. The molecule has 0 spiro atoms. The summed E-state index contributed by atoms with van der Waals surface area (Å²) in [7, 11) is 3.30. The van der Waals surface area contributed by atoms with Crippen LogP contribution in [0.25, 0.3) is 0 Å². The van der Waals surface area contributed by atoms with E-state index in [0.29, 0.717) is 38.8 Å². The number of rotatable bonds is 7. The molecule has 174 valence electrons. The van der Waals surface area contributed by atoms with Crippen LogP contribution in [0.2, 0.25) is 5.02 Å². The number of hydrogen-bond donors (Lipinski definition) is 1. The van der Waals surface area contributed by atoms with Crippen molar-refractivity contribution in [3.05, 3.63) is 74.5 Å². The van der Waals surface area contributed by atoms with Gasteiger partial charge in [0.25, 0.3) is 5.56 Å². The molecule has 1 atom stereocenters. The number of amides is 1. The molecule has 1 aliphatic rings. The number of carbonyl (C=O) groups is 1. The minimum Gasteiger partial charge on any atom is -0.493 e. The quantitative estimate of drug-likeness (QED) is 0.300. The molecule has 1 aromatic heterocycles. The van der Waals surface area contributed by atoms with Gasteiger partial charge < -0.3 is 19.4 Å². The summed E-state index contributed by atoms with van der Waals surface area (Å²) in [5.74, 6) is 3.68. The first-order valence-electron chi connectivity index (χ1n) is 10.4. The minimum absolute atomic E-state index is 0.101. The number of methoxy groups -OCH3 is 1. The van der Waals surface area contributed by atoms with Crippen molar-refractivity contribution < 1.29 is 14.3 Å². The number of carbonyl (C=O) groups excluding carboxylic acids is 1. The Morgan fingerprint density at radius 1 is 1.26 bits per heavy atom. The molecule has 0 fully saturated rings. The molecule has 9 heteroatoms. The maximum Gasteiger partial charge on any atom is 0.279 e. The van der Waals surface area contributed by atoms with E-state index in [-0.39, 0.29) is 24.5 Å². The lowest BCUT2D eigenvalue weighted by molar-refractivity contribution is -0.116. The first kappa shape index (κ1) is 23.7. The number of benzene rings is 2. The Hall–Kier alpha value is -3.41. The second kappa shape index (κ2) is 10.2. The summed E-state index contributed by atoms with van der Waals surface area (Å²) in [6, 6.07) is 12.8. The molecule has 1 N–H and O–H groups in total. The normalized spacial score (nSPS) is 14.6. The molecular weight excluding hydrogens is 474 g/mol. The lowest BCUT2D eigenvalue weighted by atomic mass is 9.86. The number of hydrogen-bond acceptors (Lipinski definition) is 6. The molecule has 0 radical (unpaired) electrons. The second-order valence-corrected chi connectivity index (χ2v) is 8.96. The summed E-state index contributed by atoms with van der Waals surface area (Å²) in [6.07, 6.45) is 5.39. The first-order valence-corrected chi connectivity index (χ1v) is 11.8. The Bertz CT molecular complexity index is 1350. The summed E-state index contributed by atoms with van der Waals surface area (Å²) < 4.78 is 12.7. The van der Waals surface area contributed by atoms with E-state index in [9.17, 15) is 9.59 Å². The van der Waals surface area contributed by atoms with Gasteiger partial charge in [0.1, 0.15) is 12.4 Å². The number of nitrogens with one attached hydrogen (secondary N) is 1. The van der Waals surface area contributed by atoms with Crippen LogP contribution >= 0.6 is 23.4 Å². The van der Waals surface area contributed by atoms with E-state index in [1.54, 1.807) is 29.8 Å². The molecule has 0 saturated carbocycles. The van der Waals surface area contributed by atoms with Crippen LogP contribution in [0.1, 0.15) is 29.0 Å². The summed E-state index contributed by atoms with van der Waals surface area (Å²) in [6.45, 7) is 0.101. The third-order valence-corrected chi connectivity index (χ3v) is 6.96. The van der Waals surface area contributed by atoms with Crippen molar-refractivity contribution in [2.45, 2.75) is 23.2 Å². The van der Waals surface area contributed by atoms with Gasteiger partial charge in [-0.05, 0) is 29.3 Å². The SMILES string of the molecule is C#CCOc1ccc([C@@H]2CC(=O)Nc3c2c(=O)nc(SCc2ccccc2Cl)n3C)cc1OC. The Morgan fingerprint density at radius 3 is 2.79 bits per heavy atom. The number of terminal acetylenes is 1. The van der Waals surface area contributed by atoms with E-state index in [0.717, 1.165) is 11.1 Å². The fraction of sp³-hybridized carbons (Fsp3) is 0.240. The van der Waals surface area contributed by atoms with Crippen LogP contribution < -0.4 is 20.3 Å². The second-order valence-electron chi connectivity index (χ2n) is 7.61. The van der Waals surface area contributed by atoms with Gasteiger partial charge in [-0.1, -0.05) is 53.5 Å². The Kier molecular flexibility index (Phi) is 7.15. The maximum absolute atomic E-state index is 13.2. The number of ether oxygens (including phenoxy) is 2. The molecule has 4 rings (SSSR count). The molecule has 3 aromatic rings. The van der Waals surface area contributed by atoms with Crippen molar-refractivity contribution in [1.29, 1.82) is 0 Å². The average molecular weight is 496 g/mol. The van der Waals surface area contributed by atoms with Gasteiger partial charge >= 0.3 is 0 Å². The lowest BCUT2D eigenvalue weighted by Crippen LogP contribution is -2.33. The smallest absolute Gasteiger partial charge is 0.279 e. The maximum atomic E-state index is 13.2. The largest absolute Gasteiger partial charge is 0.493 e. The Morgan fingerprint density at radius 2 is 2.06 bits per heavy atom. The summed E-state index contributed by atoms with van der Waals surface area (Å²) in [5.41, 5.74) is 1.73. The van der Waals surface area contributed by atoms with Gasteiger partial charge in [-0.25, -0.2) is 0 Å². The Labute approximate surface area is 206 Å². The highest BCUT2D eigenvalue weighted by Crippen LogP contribution is 2.39. The van der Waals surface area contributed by atoms with E-state index < -0.39 is 5.92 Å². The van der Waals surface area contributed by atoms with Crippen molar-refractivity contribution >= 4 is 35.1 Å². The van der Waals surface area contributed by atoms with E-state index >= 15 is 0 Å². The molecule has 2 aromatic carbocycles. The fourth-order valence-corrected chi connectivity index (χ4v) is 5.10. The van der Waals surface area contributed by atoms with Gasteiger partial charge in [0.2, 0.25) is 5.91 Å². The average Bonchev–Trinajstić information content (AvgIpc) is 2.84. The van der Waals surface area contributed by atoms with E-state index in [1.807, 2.05) is 24.3 Å². The van der Waals surface area contributed by atoms with Gasteiger partial charge in [0.15, 0.2) is 16.7 Å². The molecular formula is C25H22ClN3O4S. The molecule has 7 nitrogen and oxygen atoms in total. The Balaban J connectivity index is 1.70. The summed E-state index contributed by atoms with van der Waals surface area (Å²) in [4.78, 5) is 30.1. The van der Waals surface area contributed by atoms with Crippen molar-refractivity contribution in [2.24, 2.45) is 7.05 Å². The molecule has 0 bridgehead atoms. The fourth-order valence-electron chi connectivity index (χ4n) is 3.85. The number of aromatic nitrogens is 2. The predicted molar refractivity (Wildman–Crippen MR) is 133 cm³/mol. The molecule has 0 saturated heterocycles. The summed E-state index contributed by atoms with van der Waals surface area (Å²) in [5, 5.41) is 3.99. The van der Waals surface area contributed by atoms with Crippen molar-refractivity contribution in [3.8, 4) is 23.8 Å². The van der Waals surface area contributed by atoms with E-state index in [2.05, 4.69) is 16.2 Å².